The van der Waals surface area contributed by atoms with Gasteiger partial charge in [0.15, 0.2) is 23.4 Å². The van der Waals surface area contributed by atoms with Crippen LogP contribution >= 0.6 is 0 Å². The largest absolute Gasteiger partial charge is 0.486 e. The second-order valence-electron chi connectivity index (χ2n) is 7.65. The lowest BCUT2D eigenvalue weighted by atomic mass is 10.1. The fraction of sp³-hybridized carbons (Fsp3) is 0.500. The molecule has 3 heterocycles. The van der Waals surface area contributed by atoms with Gasteiger partial charge < -0.3 is 14.0 Å². The number of Topliss-reactive ketones (excluding diaryl/α,β-unsaturated/α-hetero) is 1. The molecular formula is C22H28N2O3. The third kappa shape index (κ3) is 3.88. The zero-order valence-electron chi connectivity index (χ0n) is 16.2. The van der Waals surface area contributed by atoms with E-state index in [1.165, 1.54) is 19.3 Å². The molecule has 0 amide bonds. The lowest BCUT2D eigenvalue weighted by molar-refractivity contribution is 0.0777. The lowest BCUT2D eigenvalue weighted by Crippen LogP contribution is -2.35. The van der Waals surface area contributed by atoms with Gasteiger partial charge in [0.2, 0.25) is 0 Å². The van der Waals surface area contributed by atoms with Crippen LogP contribution in [0.1, 0.15) is 41.0 Å². The molecule has 2 aromatic rings. The van der Waals surface area contributed by atoms with E-state index in [-0.39, 0.29) is 11.9 Å². The number of hydrogen-bond acceptors (Lipinski definition) is 4. The molecule has 0 unspecified atom stereocenters. The van der Waals surface area contributed by atoms with Gasteiger partial charge in [0.25, 0.3) is 0 Å². The number of nitrogens with zero attached hydrogens (tertiary/aromatic N) is 2. The van der Waals surface area contributed by atoms with Crippen LogP contribution in [0.15, 0.2) is 30.3 Å². The number of benzene rings is 1. The Bertz CT molecular complexity index is 821. The molecule has 5 heteroatoms. The summed E-state index contributed by atoms with van der Waals surface area (Å²) in [5.41, 5.74) is 2.96. The van der Waals surface area contributed by atoms with E-state index in [1.807, 2.05) is 37.3 Å². The minimum atomic E-state index is -0.0604. The number of fused-ring (bicyclic) bond motifs is 1. The van der Waals surface area contributed by atoms with E-state index in [4.69, 9.17) is 9.47 Å². The molecule has 5 nitrogen and oxygen atoms in total. The molecule has 1 aromatic carbocycles. The molecule has 0 aliphatic carbocycles. The number of hydrogen-bond donors (Lipinski definition) is 0. The van der Waals surface area contributed by atoms with Gasteiger partial charge in [-0.3, -0.25) is 9.69 Å². The molecule has 1 saturated heterocycles. The molecule has 0 spiro atoms. The number of carbonyl (C=O) groups is 1. The first kappa shape index (κ1) is 18.1. The van der Waals surface area contributed by atoms with Crippen molar-refractivity contribution < 1.29 is 14.3 Å². The quantitative estimate of drug-likeness (QED) is 0.756. The molecule has 1 fully saturated rings. The zero-order valence-corrected chi connectivity index (χ0v) is 16.2. The molecule has 4 rings (SSSR count). The van der Waals surface area contributed by atoms with E-state index in [0.717, 1.165) is 41.5 Å². The Morgan fingerprint density at radius 3 is 2.63 bits per heavy atom. The van der Waals surface area contributed by atoms with Gasteiger partial charge in [-0.1, -0.05) is 18.6 Å². The first-order valence-corrected chi connectivity index (χ1v) is 9.92. The first-order valence-electron chi connectivity index (χ1n) is 9.92. The van der Waals surface area contributed by atoms with Crippen molar-refractivity contribution in [3.63, 3.8) is 0 Å². The molecule has 1 atom stereocenters. The SMILES string of the molecule is Cc1cc(C(=O)CN2CCCCC2)c(C)n1C[C@@H]1COc2ccccc2O1. The van der Waals surface area contributed by atoms with Crippen molar-refractivity contribution in [1.29, 1.82) is 0 Å². The van der Waals surface area contributed by atoms with Gasteiger partial charge in [-0.25, -0.2) is 0 Å². The highest BCUT2D eigenvalue weighted by Gasteiger charge is 2.24. The van der Waals surface area contributed by atoms with Crippen LogP contribution in [-0.2, 0) is 6.54 Å². The maximum absolute atomic E-state index is 12.8. The summed E-state index contributed by atoms with van der Waals surface area (Å²) < 4.78 is 14.1. The average molecular weight is 368 g/mol. The van der Waals surface area contributed by atoms with Gasteiger partial charge in [-0.2, -0.15) is 0 Å². The number of ketones is 1. The molecule has 0 N–H and O–H groups in total. The lowest BCUT2D eigenvalue weighted by Gasteiger charge is -2.27. The van der Waals surface area contributed by atoms with Crippen LogP contribution in [0.5, 0.6) is 11.5 Å². The monoisotopic (exact) mass is 368 g/mol. The number of para-hydroxylation sites is 2. The summed E-state index contributed by atoms with van der Waals surface area (Å²) in [6.45, 7) is 7.90. The Hall–Kier alpha value is -2.27. The fourth-order valence-electron chi connectivity index (χ4n) is 4.13. The predicted molar refractivity (Wildman–Crippen MR) is 105 cm³/mol. The maximum Gasteiger partial charge on any atom is 0.178 e. The smallest absolute Gasteiger partial charge is 0.178 e. The predicted octanol–water partition coefficient (Wildman–Crippen LogP) is 3.61. The number of likely N-dealkylation sites (tertiary alicyclic amines) is 1. The second kappa shape index (κ2) is 7.77. The van der Waals surface area contributed by atoms with Crippen LogP contribution in [0.3, 0.4) is 0 Å². The van der Waals surface area contributed by atoms with E-state index >= 15 is 0 Å². The van der Waals surface area contributed by atoms with Crippen molar-refractivity contribution in [2.24, 2.45) is 0 Å². The summed E-state index contributed by atoms with van der Waals surface area (Å²) in [6.07, 6.45) is 3.63. The van der Waals surface area contributed by atoms with Crippen LogP contribution in [0.25, 0.3) is 0 Å². The topological polar surface area (TPSA) is 43.7 Å². The van der Waals surface area contributed by atoms with Crippen molar-refractivity contribution in [2.45, 2.75) is 45.8 Å². The van der Waals surface area contributed by atoms with Crippen molar-refractivity contribution in [3.8, 4) is 11.5 Å². The van der Waals surface area contributed by atoms with Crippen LogP contribution < -0.4 is 9.47 Å². The molecule has 144 valence electrons. The highest BCUT2D eigenvalue weighted by Crippen LogP contribution is 2.31. The van der Waals surface area contributed by atoms with E-state index in [9.17, 15) is 4.79 Å². The number of carbonyl (C=O) groups excluding carboxylic acids is 1. The summed E-state index contributed by atoms with van der Waals surface area (Å²) in [7, 11) is 0. The summed E-state index contributed by atoms with van der Waals surface area (Å²) in [6, 6.07) is 9.79. The maximum atomic E-state index is 12.8. The Labute approximate surface area is 160 Å². The number of piperidine rings is 1. The minimum absolute atomic E-state index is 0.0604. The van der Waals surface area contributed by atoms with Crippen molar-refractivity contribution in [2.75, 3.05) is 26.2 Å². The molecule has 0 saturated carbocycles. The number of aromatic nitrogens is 1. The van der Waals surface area contributed by atoms with E-state index < -0.39 is 0 Å². The molecule has 0 bridgehead atoms. The van der Waals surface area contributed by atoms with E-state index in [1.54, 1.807) is 0 Å². The average Bonchev–Trinajstić information content (AvgIpc) is 2.97. The standard InChI is InChI=1S/C22H28N2O3/c1-16-12-19(20(25)14-23-10-6-3-7-11-23)17(2)24(16)13-18-15-26-21-8-4-5-9-22(21)27-18/h4-5,8-9,12,18H,3,6-7,10-11,13-15H2,1-2H3/t18-/m1/s1. The Morgan fingerprint density at radius 1 is 1.11 bits per heavy atom. The van der Waals surface area contributed by atoms with Gasteiger partial charge in [-0.15, -0.1) is 0 Å². The Morgan fingerprint density at radius 2 is 1.85 bits per heavy atom. The number of rotatable bonds is 5. The Balaban J connectivity index is 1.45. The number of ether oxygens (including phenoxy) is 2. The van der Waals surface area contributed by atoms with Gasteiger partial charge in [-0.05, 0) is 58.0 Å². The molecular weight excluding hydrogens is 340 g/mol. The molecule has 2 aliphatic heterocycles. The van der Waals surface area contributed by atoms with E-state index in [2.05, 4.69) is 16.4 Å². The highest BCUT2D eigenvalue weighted by atomic mass is 16.6. The summed E-state index contributed by atoms with van der Waals surface area (Å²) in [5, 5.41) is 0. The van der Waals surface area contributed by atoms with Gasteiger partial charge in [0.1, 0.15) is 6.61 Å². The molecule has 27 heavy (non-hydrogen) atoms. The first-order chi connectivity index (χ1) is 13.1. The van der Waals surface area contributed by atoms with Crippen molar-refractivity contribution in [1.82, 2.24) is 9.47 Å². The summed E-state index contributed by atoms with van der Waals surface area (Å²) >= 11 is 0. The van der Waals surface area contributed by atoms with Crippen LogP contribution in [0, 0.1) is 13.8 Å². The summed E-state index contributed by atoms with van der Waals surface area (Å²) in [5.74, 6) is 1.81. The van der Waals surface area contributed by atoms with Gasteiger partial charge >= 0.3 is 0 Å². The van der Waals surface area contributed by atoms with Crippen LogP contribution in [-0.4, -0.2) is 47.6 Å². The van der Waals surface area contributed by atoms with Crippen LogP contribution in [0.4, 0.5) is 0 Å². The summed E-state index contributed by atoms with van der Waals surface area (Å²) in [4.78, 5) is 15.1. The minimum Gasteiger partial charge on any atom is -0.486 e. The van der Waals surface area contributed by atoms with Crippen molar-refractivity contribution >= 4 is 5.78 Å². The van der Waals surface area contributed by atoms with Gasteiger partial charge in [0, 0.05) is 17.0 Å². The second-order valence-corrected chi connectivity index (χ2v) is 7.65. The number of aryl methyl sites for hydroxylation is 1. The van der Waals surface area contributed by atoms with E-state index in [0.29, 0.717) is 19.7 Å². The molecule has 2 aliphatic rings. The third-order valence-electron chi connectivity index (χ3n) is 5.64. The van der Waals surface area contributed by atoms with Gasteiger partial charge in [0.05, 0.1) is 13.1 Å². The van der Waals surface area contributed by atoms with Crippen molar-refractivity contribution in [3.05, 3.63) is 47.3 Å². The zero-order chi connectivity index (χ0) is 18.8. The highest BCUT2D eigenvalue weighted by molar-refractivity contribution is 5.99. The van der Waals surface area contributed by atoms with Crippen LogP contribution in [0.2, 0.25) is 0 Å². The fourth-order valence-corrected chi connectivity index (χ4v) is 4.13. The molecule has 1 aromatic heterocycles. The third-order valence-corrected chi connectivity index (χ3v) is 5.64. The molecule has 0 radical (unpaired) electrons. The Kier molecular flexibility index (Phi) is 5.21. The normalized spacial score (nSPS) is 19.9.